The Kier molecular flexibility index (Phi) is 12.0. The van der Waals surface area contributed by atoms with Crippen molar-refractivity contribution in [3.8, 4) is 23.0 Å². The van der Waals surface area contributed by atoms with E-state index < -0.39 is 5.60 Å². The maximum Gasteiger partial charge on any atom is 0.410 e. The van der Waals surface area contributed by atoms with Crippen molar-refractivity contribution >= 4 is 61.9 Å². The summed E-state index contributed by atoms with van der Waals surface area (Å²) in [6, 6.07) is 9.16. The second-order valence-electron chi connectivity index (χ2n) is 10.3. The Morgan fingerprint density at radius 3 is 1.98 bits per heavy atom. The molecule has 1 heterocycles. The minimum atomic E-state index is -0.550. The first kappa shape index (κ1) is 33.6. The molecule has 1 fully saturated rings. The summed E-state index contributed by atoms with van der Waals surface area (Å²) in [5.41, 5.74) is 0.917. The van der Waals surface area contributed by atoms with Crippen molar-refractivity contribution in [3.05, 3.63) is 40.4 Å². The van der Waals surface area contributed by atoms with Crippen molar-refractivity contribution in [1.82, 2.24) is 9.80 Å². The molecule has 0 unspecified atom stereocenters. The Morgan fingerprint density at radius 2 is 1.48 bits per heavy atom. The maximum atomic E-state index is 13.8. The fourth-order valence-corrected chi connectivity index (χ4v) is 5.94. The molecule has 230 valence electrons. The van der Waals surface area contributed by atoms with Gasteiger partial charge in [-0.1, -0.05) is 30.0 Å². The zero-order valence-corrected chi connectivity index (χ0v) is 28.2. The first-order valence-electron chi connectivity index (χ1n) is 13.2. The summed E-state index contributed by atoms with van der Waals surface area (Å²) >= 11 is 10.5. The molecule has 0 N–H and O–H groups in total. The Balaban J connectivity index is 1.76. The monoisotopic (exact) mass is 683 g/mol. The second-order valence-corrected chi connectivity index (χ2v) is 12.8. The van der Waals surface area contributed by atoms with Crippen molar-refractivity contribution in [2.75, 3.05) is 65.3 Å². The van der Waals surface area contributed by atoms with Gasteiger partial charge in [0, 0.05) is 38.3 Å². The molecule has 1 aliphatic heterocycles. The molecule has 13 heteroatoms. The molecule has 0 atom stereocenters. The van der Waals surface area contributed by atoms with Gasteiger partial charge in [-0.3, -0.25) is 4.79 Å². The molecule has 1 saturated heterocycles. The fourth-order valence-electron chi connectivity index (χ4n) is 4.23. The molecule has 0 radical (unpaired) electrons. The quantitative estimate of drug-likeness (QED) is 0.312. The molecular formula is C29H38BrN3O7S2. The van der Waals surface area contributed by atoms with Crippen molar-refractivity contribution < 1.29 is 33.3 Å². The highest BCUT2D eigenvalue weighted by Gasteiger charge is 2.28. The molecule has 0 bridgehead atoms. The van der Waals surface area contributed by atoms with Crippen LogP contribution in [0.4, 0.5) is 10.5 Å². The number of hydrogen-bond donors (Lipinski definition) is 0. The van der Waals surface area contributed by atoms with Crippen molar-refractivity contribution in [2.24, 2.45) is 0 Å². The van der Waals surface area contributed by atoms with E-state index in [2.05, 4.69) is 15.9 Å². The highest BCUT2D eigenvalue weighted by Crippen LogP contribution is 2.41. The summed E-state index contributed by atoms with van der Waals surface area (Å²) in [7, 11) is 6.20. The van der Waals surface area contributed by atoms with Crippen LogP contribution in [0.1, 0.15) is 26.3 Å². The SMILES string of the molecule is COc1ccc(CN(C(=O)CSC(=S)N2CCN(C(=O)OC(C)(C)C)CC2)c2cc(OC)c(OC)c(OC)c2)cc1Br. The van der Waals surface area contributed by atoms with Gasteiger partial charge in [-0.25, -0.2) is 4.79 Å². The van der Waals surface area contributed by atoms with E-state index in [4.69, 9.17) is 35.9 Å². The van der Waals surface area contributed by atoms with E-state index in [9.17, 15) is 9.59 Å². The number of rotatable bonds is 9. The number of thiocarbonyl (C=S) groups is 1. The zero-order valence-electron chi connectivity index (χ0n) is 25.0. The van der Waals surface area contributed by atoms with Gasteiger partial charge in [0.05, 0.1) is 50.9 Å². The molecule has 1 aliphatic rings. The normalized spacial score (nSPS) is 13.3. The number of benzene rings is 2. The predicted octanol–water partition coefficient (Wildman–Crippen LogP) is 5.59. The number of ether oxygens (including phenoxy) is 5. The summed E-state index contributed by atoms with van der Waals surface area (Å²) in [6.45, 7) is 7.94. The van der Waals surface area contributed by atoms with E-state index in [0.717, 1.165) is 10.0 Å². The van der Waals surface area contributed by atoms with E-state index in [0.29, 0.717) is 59.2 Å². The lowest BCUT2D eigenvalue weighted by Crippen LogP contribution is -2.51. The predicted molar refractivity (Wildman–Crippen MR) is 172 cm³/mol. The lowest BCUT2D eigenvalue weighted by atomic mass is 10.1. The number of hydrogen-bond acceptors (Lipinski definition) is 9. The van der Waals surface area contributed by atoms with Crippen LogP contribution in [0.5, 0.6) is 23.0 Å². The second kappa shape index (κ2) is 15.0. The van der Waals surface area contributed by atoms with E-state index in [-0.39, 0.29) is 24.3 Å². The van der Waals surface area contributed by atoms with Crippen molar-refractivity contribution in [2.45, 2.75) is 32.9 Å². The Morgan fingerprint density at radius 1 is 0.905 bits per heavy atom. The Bertz CT molecular complexity index is 1260. The number of halogens is 1. The number of amides is 2. The van der Waals surface area contributed by atoms with Gasteiger partial charge in [-0.15, -0.1) is 0 Å². The average Bonchev–Trinajstić information content (AvgIpc) is 2.96. The van der Waals surface area contributed by atoms with Crippen LogP contribution < -0.4 is 23.8 Å². The van der Waals surface area contributed by atoms with Gasteiger partial charge in [0.1, 0.15) is 15.7 Å². The zero-order chi connectivity index (χ0) is 31.0. The van der Waals surface area contributed by atoms with Crippen LogP contribution in [0.25, 0.3) is 0 Å². The van der Waals surface area contributed by atoms with Crippen molar-refractivity contribution in [1.29, 1.82) is 0 Å². The molecule has 0 spiro atoms. The van der Waals surface area contributed by atoms with E-state index in [1.807, 2.05) is 43.9 Å². The van der Waals surface area contributed by atoms with Gasteiger partial charge in [0.15, 0.2) is 11.5 Å². The Hall–Kier alpha value is -2.90. The van der Waals surface area contributed by atoms with Crippen LogP contribution in [0.2, 0.25) is 0 Å². The minimum Gasteiger partial charge on any atom is -0.496 e. The molecule has 0 saturated carbocycles. The molecule has 2 aromatic carbocycles. The van der Waals surface area contributed by atoms with Crippen LogP contribution in [0, 0.1) is 0 Å². The first-order valence-corrected chi connectivity index (χ1v) is 15.4. The molecule has 0 aromatic heterocycles. The van der Waals surface area contributed by atoms with Gasteiger partial charge >= 0.3 is 6.09 Å². The van der Waals surface area contributed by atoms with E-state index in [1.165, 1.54) is 33.1 Å². The first-order chi connectivity index (χ1) is 19.9. The summed E-state index contributed by atoms with van der Waals surface area (Å²) in [5.74, 6) is 1.95. The minimum absolute atomic E-state index is 0.110. The van der Waals surface area contributed by atoms with Gasteiger partial charge in [0.2, 0.25) is 11.7 Å². The highest BCUT2D eigenvalue weighted by atomic mass is 79.9. The largest absolute Gasteiger partial charge is 0.496 e. The van der Waals surface area contributed by atoms with E-state index >= 15 is 0 Å². The number of nitrogens with zero attached hydrogens (tertiary/aromatic N) is 3. The van der Waals surface area contributed by atoms with Crippen LogP contribution in [0.3, 0.4) is 0 Å². The maximum absolute atomic E-state index is 13.8. The van der Waals surface area contributed by atoms with Crippen molar-refractivity contribution in [3.63, 3.8) is 0 Å². The third-order valence-corrected chi connectivity index (χ3v) is 8.46. The van der Waals surface area contributed by atoms with E-state index in [1.54, 1.807) is 29.0 Å². The summed E-state index contributed by atoms with van der Waals surface area (Å²) in [4.78, 5) is 31.5. The van der Waals surface area contributed by atoms with Gasteiger partial charge < -0.3 is 38.4 Å². The fraction of sp³-hybridized carbons (Fsp3) is 0.483. The van der Waals surface area contributed by atoms with Gasteiger partial charge in [0.25, 0.3) is 0 Å². The number of methoxy groups -OCH3 is 4. The van der Waals surface area contributed by atoms with Gasteiger partial charge in [-0.2, -0.15) is 0 Å². The number of anilines is 1. The third-order valence-electron chi connectivity index (χ3n) is 6.33. The molecular weight excluding hydrogens is 646 g/mol. The lowest BCUT2D eigenvalue weighted by Gasteiger charge is -2.36. The number of thioether (sulfide) groups is 1. The molecule has 2 aromatic rings. The standard InChI is InChI=1S/C29H38BrN3O7S2/c1-29(2,3)40-27(35)31-10-12-32(13-11-31)28(41)42-18-25(34)33(17-19-8-9-22(36-4)21(30)14-19)20-15-23(37-5)26(39-7)24(16-20)38-6/h8-9,14-16H,10-13,17-18H2,1-7H3. The van der Waals surface area contributed by atoms with Crippen LogP contribution >= 0.6 is 39.9 Å². The summed E-state index contributed by atoms with van der Waals surface area (Å²) in [6.07, 6.45) is -0.331. The smallest absolute Gasteiger partial charge is 0.410 e. The molecule has 10 nitrogen and oxygen atoms in total. The molecule has 42 heavy (non-hydrogen) atoms. The van der Waals surface area contributed by atoms with Crippen LogP contribution in [0.15, 0.2) is 34.8 Å². The number of carbonyl (C=O) groups excluding carboxylic acids is 2. The lowest BCUT2D eigenvalue weighted by molar-refractivity contribution is -0.116. The van der Waals surface area contributed by atoms with Gasteiger partial charge in [-0.05, 0) is 54.4 Å². The average molecular weight is 685 g/mol. The molecule has 2 amide bonds. The van der Waals surface area contributed by atoms with Crippen LogP contribution in [-0.4, -0.2) is 92.1 Å². The van der Waals surface area contributed by atoms with Crippen LogP contribution in [-0.2, 0) is 16.1 Å². The number of carbonyl (C=O) groups is 2. The Labute approximate surface area is 265 Å². The highest BCUT2D eigenvalue weighted by molar-refractivity contribution is 9.10. The topological polar surface area (TPSA) is 90.0 Å². The third kappa shape index (κ3) is 8.81. The summed E-state index contributed by atoms with van der Waals surface area (Å²) < 4.78 is 28.8. The molecule has 3 rings (SSSR count). The summed E-state index contributed by atoms with van der Waals surface area (Å²) in [5, 5.41) is 0. The molecule has 0 aliphatic carbocycles. The number of piperazine rings is 1.